The summed E-state index contributed by atoms with van der Waals surface area (Å²) in [5.41, 5.74) is 2.39. The number of fused-ring (bicyclic) bond motifs is 1. The van der Waals surface area contributed by atoms with Crippen molar-refractivity contribution < 1.29 is 19.1 Å². The first-order chi connectivity index (χ1) is 17.5. The van der Waals surface area contributed by atoms with E-state index in [9.17, 15) is 14.9 Å². The molecule has 1 saturated heterocycles. The number of imidazole rings is 1. The van der Waals surface area contributed by atoms with E-state index in [4.69, 9.17) is 9.47 Å². The van der Waals surface area contributed by atoms with Crippen molar-refractivity contribution in [3.8, 4) is 11.8 Å². The average Bonchev–Trinajstić information content (AvgIpc) is 3.60. The van der Waals surface area contributed by atoms with Crippen molar-refractivity contribution in [1.29, 1.82) is 5.26 Å². The third-order valence-electron chi connectivity index (χ3n) is 5.93. The Morgan fingerprint density at radius 2 is 1.94 bits per heavy atom. The SMILES string of the molecule is CNC(=O)Oc1cc(Nc2cc(NC3CC3)c3ncc(C#N)n3n2)cc(C(=O)NC2CCOCC2)c1. The minimum Gasteiger partial charge on any atom is -0.410 e. The van der Waals surface area contributed by atoms with Gasteiger partial charge in [0.15, 0.2) is 17.2 Å². The van der Waals surface area contributed by atoms with Gasteiger partial charge < -0.3 is 30.7 Å². The molecule has 2 amide bonds. The third-order valence-corrected chi connectivity index (χ3v) is 5.93. The Balaban J connectivity index is 1.46. The molecule has 0 atom stereocenters. The summed E-state index contributed by atoms with van der Waals surface area (Å²) >= 11 is 0. The summed E-state index contributed by atoms with van der Waals surface area (Å²) in [5, 5.41) is 26.0. The van der Waals surface area contributed by atoms with Gasteiger partial charge in [-0.15, -0.1) is 5.10 Å². The van der Waals surface area contributed by atoms with Crippen molar-refractivity contribution in [3.05, 3.63) is 41.7 Å². The summed E-state index contributed by atoms with van der Waals surface area (Å²) in [5.74, 6) is 0.329. The first-order valence-corrected chi connectivity index (χ1v) is 11.8. The van der Waals surface area contributed by atoms with Crippen LogP contribution in [0.15, 0.2) is 30.5 Å². The molecule has 36 heavy (non-hydrogen) atoms. The number of ether oxygens (including phenoxy) is 2. The molecule has 3 aromatic rings. The number of carbonyl (C=O) groups is 2. The van der Waals surface area contributed by atoms with Gasteiger partial charge in [0.05, 0.1) is 11.9 Å². The summed E-state index contributed by atoms with van der Waals surface area (Å²) in [6, 6.07) is 9.03. The van der Waals surface area contributed by atoms with Gasteiger partial charge in [-0.1, -0.05) is 0 Å². The molecule has 1 aliphatic carbocycles. The molecule has 1 aromatic carbocycles. The van der Waals surface area contributed by atoms with Crippen LogP contribution in [-0.2, 0) is 4.74 Å². The van der Waals surface area contributed by atoms with Crippen LogP contribution in [0.5, 0.6) is 5.75 Å². The topological polar surface area (TPSA) is 155 Å². The molecule has 186 valence electrons. The molecule has 1 saturated carbocycles. The first-order valence-electron chi connectivity index (χ1n) is 11.8. The average molecular weight is 491 g/mol. The fourth-order valence-corrected chi connectivity index (χ4v) is 3.94. The Kier molecular flexibility index (Phi) is 6.55. The molecule has 12 nitrogen and oxygen atoms in total. The number of benzene rings is 1. The highest BCUT2D eigenvalue weighted by molar-refractivity contribution is 5.96. The monoisotopic (exact) mass is 490 g/mol. The fraction of sp³-hybridized carbons (Fsp3) is 0.375. The van der Waals surface area contributed by atoms with Gasteiger partial charge in [-0.2, -0.15) is 9.78 Å². The number of hydrogen-bond donors (Lipinski definition) is 4. The van der Waals surface area contributed by atoms with Crippen LogP contribution in [-0.4, -0.2) is 58.9 Å². The number of nitrogens with one attached hydrogen (secondary N) is 4. The molecule has 1 aliphatic heterocycles. The zero-order valence-electron chi connectivity index (χ0n) is 19.7. The molecule has 2 aliphatic rings. The van der Waals surface area contributed by atoms with E-state index >= 15 is 0 Å². The van der Waals surface area contributed by atoms with E-state index in [0.29, 0.717) is 47.7 Å². The van der Waals surface area contributed by atoms with Crippen molar-refractivity contribution in [1.82, 2.24) is 25.2 Å². The Morgan fingerprint density at radius 1 is 1.14 bits per heavy atom. The summed E-state index contributed by atoms with van der Waals surface area (Å²) in [4.78, 5) is 29.2. The second kappa shape index (κ2) is 10.1. The number of hydrogen-bond acceptors (Lipinski definition) is 9. The second-order valence-electron chi connectivity index (χ2n) is 8.72. The zero-order chi connectivity index (χ0) is 25.1. The molecule has 2 aromatic heterocycles. The van der Waals surface area contributed by atoms with Gasteiger partial charge in [-0.05, 0) is 37.8 Å². The summed E-state index contributed by atoms with van der Waals surface area (Å²) in [6.07, 6.45) is 4.41. The quantitative estimate of drug-likeness (QED) is 0.391. The van der Waals surface area contributed by atoms with Gasteiger partial charge in [-0.3, -0.25) is 4.79 Å². The van der Waals surface area contributed by atoms with Crippen molar-refractivity contribution in [2.24, 2.45) is 0 Å². The van der Waals surface area contributed by atoms with E-state index in [1.54, 1.807) is 18.2 Å². The summed E-state index contributed by atoms with van der Waals surface area (Å²) < 4.78 is 12.2. The smallest absolute Gasteiger partial charge is 0.410 e. The summed E-state index contributed by atoms with van der Waals surface area (Å²) in [7, 11) is 1.45. The number of carbonyl (C=O) groups excluding carboxylic acids is 2. The summed E-state index contributed by atoms with van der Waals surface area (Å²) in [6.45, 7) is 1.20. The molecular formula is C24H26N8O4. The molecular weight excluding hydrogens is 464 g/mol. The highest BCUT2D eigenvalue weighted by Gasteiger charge is 2.24. The maximum Gasteiger partial charge on any atom is 0.412 e. The van der Waals surface area contributed by atoms with Crippen LogP contribution >= 0.6 is 0 Å². The molecule has 2 fully saturated rings. The van der Waals surface area contributed by atoms with Crippen molar-refractivity contribution in [2.45, 2.75) is 37.8 Å². The number of rotatable bonds is 7. The molecule has 12 heteroatoms. The molecule has 0 bridgehead atoms. The van der Waals surface area contributed by atoms with E-state index < -0.39 is 6.09 Å². The number of anilines is 3. The maximum atomic E-state index is 13.0. The molecule has 3 heterocycles. The number of nitriles is 1. The second-order valence-corrected chi connectivity index (χ2v) is 8.72. The minimum atomic E-state index is -0.657. The van der Waals surface area contributed by atoms with Gasteiger partial charge in [0.2, 0.25) is 0 Å². The number of amides is 2. The minimum absolute atomic E-state index is 0.0111. The molecule has 0 unspecified atom stereocenters. The highest BCUT2D eigenvalue weighted by Crippen LogP contribution is 2.30. The number of nitrogens with zero attached hydrogens (tertiary/aromatic N) is 4. The Hall–Kier alpha value is -4.37. The van der Waals surface area contributed by atoms with Crippen molar-refractivity contribution in [2.75, 3.05) is 30.9 Å². The van der Waals surface area contributed by atoms with Crippen LogP contribution < -0.4 is 26.0 Å². The van der Waals surface area contributed by atoms with Crippen LogP contribution in [0.4, 0.5) is 22.0 Å². The van der Waals surface area contributed by atoms with Gasteiger partial charge in [0, 0.05) is 55.7 Å². The van der Waals surface area contributed by atoms with Crippen LogP contribution in [0, 0.1) is 11.3 Å². The zero-order valence-corrected chi connectivity index (χ0v) is 19.7. The lowest BCUT2D eigenvalue weighted by atomic mass is 10.1. The van der Waals surface area contributed by atoms with E-state index in [0.717, 1.165) is 31.4 Å². The van der Waals surface area contributed by atoms with E-state index in [2.05, 4.69) is 37.4 Å². The lowest BCUT2D eigenvalue weighted by Crippen LogP contribution is -2.38. The predicted octanol–water partition coefficient (Wildman–Crippen LogP) is 2.55. The molecule has 4 N–H and O–H groups in total. The Bertz CT molecular complexity index is 1340. The van der Waals surface area contributed by atoms with Crippen LogP contribution in [0.25, 0.3) is 5.65 Å². The van der Waals surface area contributed by atoms with Crippen molar-refractivity contribution in [3.63, 3.8) is 0 Å². The largest absolute Gasteiger partial charge is 0.412 e. The van der Waals surface area contributed by atoms with Crippen LogP contribution in [0.2, 0.25) is 0 Å². The lowest BCUT2D eigenvalue weighted by Gasteiger charge is -2.23. The van der Waals surface area contributed by atoms with Gasteiger partial charge >= 0.3 is 6.09 Å². The molecule has 5 rings (SSSR count). The number of aromatic nitrogens is 3. The van der Waals surface area contributed by atoms with Crippen LogP contribution in [0.1, 0.15) is 41.7 Å². The Morgan fingerprint density at radius 3 is 2.67 bits per heavy atom. The Labute approximate surface area is 207 Å². The lowest BCUT2D eigenvalue weighted by molar-refractivity contribution is 0.0696. The van der Waals surface area contributed by atoms with E-state index in [-0.39, 0.29) is 17.7 Å². The fourth-order valence-electron chi connectivity index (χ4n) is 3.94. The standard InChI is InChI=1S/C24H26N8O4/c1-26-24(34)36-19-9-14(23(33)30-16-4-6-35-7-5-16)8-17(10-19)29-21-11-20(28-15-2-3-15)22-27-13-18(12-25)32(22)31-21/h8-11,13,15-16,28H,2-7H2,1H3,(H,26,34)(H,29,31)(H,30,33). The van der Waals surface area contributed by atoms with Gasteiger partial charge in [0.1, 0.15) is 11.8 Å². The van der Waals surface area contributed by atoms with E-state index in [1.165, 1.54) is 23.8 Å². The van der Waals surface area contributed by atoms with Crippen molar-refractivity contribution >= 4 is 34.8 Å². The van der Waals surface area contributed by atoms with E-state index in [1.807, 2.05) is 0 Å². The molecule has 0 spiro atoms. The maximum absolute atomic E-state index is 13.0. The molecule has 0 radical (unpaired) electrons. The van der Waals surface area contributed by atoms with Gasteiger partial charge in [0.25, 0.3) is 5.91 Å². The predicted molar refractivity (Wildman–Crippen MR) is 130 cm³/mol. The first kappa shape index (κ1) is 23.4. The van der Waals surface area contributed by atoms with Gasteiger partial charge in [-0.25, -0.2) is 9.78 Å². The van der Waals surface area contributed by atoms with Crippen LogP contribution in [0.3, 0.4) is 0 Å². The third kappa shape index (κ3) is 5.31. The normalized spacial score (nSPS) is 15.7. The highest BCUT2D eigenvalue weighted by atomic mass is 16.6.